The van der Waals surface area contributed by atoms with Gasteiger partial charge in [0.15, 0.2) is 0 Å². The molecule has 0 saturated heterocycles. The van der Waals surface area contributed by atoms with Crippen LogP contribution in [0, 0.1) is 5.82 Å². The highest BCUT2D eigenvalue weighted by atomic mass is 19.1. The Hall–Kier alpha value is -3.15. The second-order valence-corrected chi connectivity index (χ2v) is 5.07. The average Bonchev–Trinajstić information content (AvgIpc) is 2.60. The maximum absolute atomic E-state index is 13.5. The van der Waals surface area contributed by atoms with Crippen LogP contribution in [0.2, 0.25) is 0 Å². The molecule has 6 heteroatoms. The Morgan fingerprint density at radius 1 is 0.917 bits per heavy atom. The minimum atomic E-state index is -0.340. The van der Waals surface area contributed by atoms with Crippen molar-refractivity contribution in [2.75, 3.05) is 20.0 Å². The molecule has 0 unspecified atom stereocenters. The van der Waals surface area contributed by atoms with E-state index in [1.165, 1.54) is 12.1 Å². The number of rotatable bonds is 4. The molecular weight excluding hydrogens is 309 g/mol. The molecule has 24 heavy (non-hydrogen) atoms. The van der Waals surface area contributed by atoms with Crippen LogP contribution < -0.4 is 15.2 Å². The first-order valence-corrected chi connectivity index (χ1v) is 7.23. The van der Waals surface area contributed by atoms with Crippen molar-refractivity contribution in [2.45, 2.75) is 0 Å². The van der Waals surface area contributed by atoms with E-state index < -0.39 is 0 Å². The van der Waals surface area contributed by atoms with Crippen molar-refractivity contribution in [2.24, 2.45) is 0 Å². The number of ether oxygens (including phenoxy) is 2. The van der Waals surface area contributed by atoms with Gasteiger partial charge in [-0.1, -0.05) is 12.1 Å². The topological polar surface area (TPSA) is 70.3 Å². The van der Waals surface area contributed by atoms with Crippen LogP contribution in [0.3, 0.4) is 0 Å². The molecule has 1 heterocycles. The van der Waals surface area contributed by atoms with Crippen molar-refractivity contribution in [1.82, 2.24) is 9.97 Å². The molecule has 2 aromatic carbocycles. The third-order valence-electron chi connectivity index (χ3n) is 3.55. The highest BCUT2D eigenvalue weighted by Gasteiger charge is 2.12. The second kappa shape index (κ2) is 6.54. The maximum Gasteiger partial charge on any atom is 0.221 e. The smallest absolute Gasteiger partial charge is 0.221 e. The third-order valence-corrected chi connectivity index (χ3v) is 3.55. The predicted octanol–water partition coefficient (Wildman–Crippen LogP) is 3.55. The molecule has 122 valence electrons. The summed E-state index contributed by atoms with van der Waals surface area (Å²) in [5.74, 6) is 1.03. The molecule has 0 fully saturated rings. The fourth-order valence-electron chi connectivity index (χ4n) is 2.41. The van der Waals surface area contributed by atoms with Crippen molar-refractivity contribution in [3.8, 4) is 34.0 Å². The van der Waals surface area contributed by atoms with E-state index in [2.05, 4.69) is 9.97 Å². The lowest BCUT2D eigenvalue weighted by molar-refractivity contribution is 0.395. The summed E-state index contributed by atoms with van der Waals surface area (Å²) < 4.78 is 24.1. The Morgan fingerprint density at radius 2 is 1.71 bits per heavy atom. The fraction of sp³-hybridized carbons (Fsp3) is 0.111. The number of aromatic nitrogens is 2. The summed E-state index contributed by atoms with van der Waals surface area (Å²) in [6.45, 7) is 0. The minimum absolute atomic E-state index is 0.102. The number of methoxy groups -OCH3 is 2. The first-order chi connectivity index (χ1) is 11.6. The molecule has 5 nitrogen and oxygen atoms in total. The number of nitrogens with two attached hydrogens (primary N) is 1. The summed E-state index contributed by atoms with van der Waals surface area (Å²) in [5.41, 5.74) is 8.32. The molecule has 0 aliphatic carbocycles. The Labute approximate surface area is 138 Å². The van der Waals surface area contributed by atoms with Crippen molar-refractivity contribution in [3.63, 3.8) is 0 Å². The maximum atomic E-state index is 13.5. The van der Waals surface area contributed by atoms with E-state index in [0.29, 0.717) is 28.5 Å². The van der Waals surface area contributed by atoms with Crippen LogP contribution in [0.1, 0.15) is 0 Å². The van der Waals surface area contributed by atoms with Crippen molar-refractivity contribution < 1.29 is 13.9 Å². The van der Waals surface area contributed by atoms with Crippen LogP contribution in [-0.2, 0) is 0 Å². The Balaban J connectivity index is 2.13. The number of hydrogen-bond acceptors (Lipinski definition) is 5. The normalized spacial score (nSPS) is 10.5. The summed E-state index contributed by atoms with van der Waals surface area (Å²) in [6.07, 6.45) is 0. The predicted molar refractivity (Wildman–Crippen MR) is 90.4 cm³/mol. The van der Waals surface area contributed by atoms with E-state index in [4.69, 9.17) is 15.2 Å². The summed E-state index contributed by atoms with van der Waals surface area (Å²) in [7, 11) is 3.15. The van der Waals surface area contributed by atoms with Gasteiger partial charge in [-0.15, -0.1) is 0 Å². The molecule has 2 N–H and O–H groups in total. The van der Waals surface area contributed by atoms with Gasteiger partial charge in [-0.25, -0.2) is 14.4 Å². The number of hydrogen-bond donors (Lipinski definition) is 1. The summed E-state index contributed by atoms with van der Waals surface area (Å²) in [6, 6.07) is 13.3. The van der Waals surface area contributed by atoms with Crippen LogP contribution in [0.5, 0.6) is 11.5 Å². The largest absolute Gasteiger partial charge is 0.497 e. The number of nitrogen functional groups attached to an aromatic ring is 1. The van der Waals surface area contributed by atoms with E-state index >= 15 is 0 Å². The minimum Gasteiger partial charge on any atom is -0.497 e. The van der Waals surface area contributed by atoms with Crippen molar-refractivity contribution >= 4 is 5.95 Å². The molecule has 0 bridgehead atoms. The van der Waals surface area contributed by atoms with E-state index in [-0.39, 0.29) is 11.8 Å². The average molecular weight is 325 g/mol. The first-order valence-electron chi connectivity index (χ1n) is 7.23. The molecular formula is C18H16FN3O2. The van der Waals surface area contributed by atoms with E-state index in [1.807, 2.05) is 6.07 Å². The number of anilines is 1. The molecule has 0 radical (unpaired) electrons. The van der Waals surface area contributed by atoms with E-state index in [1.54, 1.807) is 44.6 Å². The monoisotopic (exact) mass is 325 g/mol. The zero-order valence-electron chi connectivity index (χ0n) is 13.3. The lowest BCUT2D eigenvalue weighted by Crippen LogP contribution is -2.00. The summed E-state index contributed by atoms with van der Waals surface area (Å²) in [5, 5.41) is 0. The molecule has 0 atom stereocenters. The molecule has 0 spiro atoms. The zero-order chi connectivity index (χ0) is 17.1. The zero-order valence-corrected chi connectivity index (χ0v) is 13.3. The molecule has 3 rings (SSSR count). The number of halogens is 1. The standard InChI is InChI=1S/C18H16FN3O2/c1-23-13-6-7-14(17(9-13)24-2)16-10-15(21-18(20)22-16)11-4-3-5-12(19)8-11/h3-10H,1-2H3,(H2,20,21,22). The van der Waals surface area contributed by atoms with Gasteiger partial charge in [0.1, 0.15) is 17.3 Å². The quantitative estimate of drug-likeness (QED) is 0.794. The lowest BCUT2D eigenvalue weighted by Gasteiger charge is -2.11. The van der Waals surface area contributed by atoms with Crippen LogP contribution in [0.15, 0.2) is 48.5 Å². The van der Waals surface area contributed by atoms with E-state index in [9.17, 15) is 4.39 Å². The van der Waals surface area contributed by atoms with Gasteiger partial charge >= 0.3 is 0 Å². The Kier molecular flexibility index (Phi) is 4.29. The van der Waals surface area contributed by atoms with Crippen molar-refractivity contribution in [3.05, 3.63) is 54.3 Å². The van der Waals surface area contributed by atoms with Crippen LogP contribution in [0.4, 0.5) is 10.3 Å². The molecule has 0 aliphatic heterocycles. The van der Waals surface area contributed by atoms with Crippen LogP contribution in [-0.4, -0.2) is 24.2 Å². The van der Waals surface area contributed by atoms with Gasteiger partial charge in [0.2, 0.25) is 5.95 Å². The third kappa shape index (κ3) is 3.12. The first kappa shape index (κ1) is 15.7. The van der Waals surface area contributed by atoms with Gasteiger partial charge in [-0.2, -0.15) is 0 Å². The van der Waals surface area contributed by atoms with Gasteiger partial charge < -0.3 is 15.2 Å². The van der Waals surface area contributed by atoms with Crippen molar-refractivity contribution in [1.29, 1.82) is 0 Å². The number of nitrogens with zero attached hydrogens (tertiary/aromatic N) is 2. The molecule has 0 saturated carbocycles. The van der Waals surface area contributed by atoms with Gasteiger partial charge in [0.05, 0.1) is 25.6 Å². The van der Waals surface area contributed by atoms with Gasteiger partial charge in [0.25, 0.3) is 0 Å². The van der Waals surface area contributed by atoms with E-state index in [0.717, 1.165) is 5.56 Å². The van der Waals surface area contributed by atoms with Crippen LogP contribution in [0.25, 0.3) is 22.5 Å². The fourth-order valence-corrected chi connectivity index (χ4v) is 2.41. The number of benzene rings is 2. The molecule has 1 aromatic heterocycles. The molecule has 0 aliphatic rings. The van der Waals surface area contributed by atoms with Gasteiger partial charge in [0, 0.05) is 17.2 Å². The van der Waals surface area contributed by atoms with Gasteiger partial charge in [-0.3, -0.25) is 0 Å². The summed E-state index contributed by atoms with van der Waals surface area (Å²) >= 11 is 0. The summed E-state index contributed by atoms with van der Waals surface area (Å²) in [4.78, 5) is 8.46. The molecule has 3 aromatic rings. The lowest BCUT2D eigenvalue weighted by atomic mass is 10.1. The highest BCUT2D eigenvalue weighted by Crippen LogP contribution is 2.34. The SMILES string of the molecule is COc1ccc(-c2cc(-c3cccc(F)c3)nc(N)n2)c(OC)c1. The second-order valence-electron chi connectivity index (χ2n) is 5.07. The van der Waals surface area contributed by atoms with Gasteiger partial charge in [-0.05, 0) is 30.3 Å². The Morgan fingerprint density at radius 3 is 2.42 bits per heavy atom. The Bertz CT molecular complexity index is 884. The molecule has 0 amide bonds. The van der Waals surface area contributed by atoms with Crippen LogP contribution >= 0.6 is 0 Å². The highest BCUT2D eigenvalue weighted by molar-refractivity contribution is 5.73.